The fraction of sp³-hybridized carbons (Fsp3) is 0.474. The molecule has 0 spiro atoms. The Labute approximate surface area is 137 Å². The van der Waals surface area contributed by atoms with Crippen LogP contribution in [0.5, 0.6) is 0 Å². The van der Waals surface area contributed by atoms with Crippen molar-refractivity contribution in [1.29, 1.82) is 0 Å². The van der Waals surface area contributed by atoms with Gasteiger partial charge in [-0.3, -0.25) is 9.59 Å². The first-order valence-corrected chi connectivity index (χ1v) is 8.30. The van der Waals surface area contributed by atoms with E-state index in [2.05, 4.69) is 25.2 Å². The van der Waals surface area contributed by atoms with Crippen LogP contribution in [0.1, 0.15) is 51.0 Å². The Bertz CT molecular complexity index is 562. The summed E-state index contributed by atoms with van der Waals surface area (Å²) in [5.41, 5.74) is 1.97. The van der Waals surface area contributed by atoms with E-state index in [9.17, 15) is 9.59 Å². The lowest BCUT2D eigenvalue weighted by atomic mass is 9.99. The summed E-state index contributed by atoms with van der Waals surface area (Å²) in [5, 5.41) is 2.74. The van der Waals surface area contributed by atoms with E-state index in [1.807, 2.05) is 30.3 Å². The number of anilines is 1. The molecule has 0 bridgehead atoms. The van der Waals surface area contributed by atoms with Crippen LogP contribution in [0.3, 0.4) is 0 Å². The summed E-state index contributed by atoms with van der Waals surface area (Å²) in [6.45, 7) is 4.09. The zero-order valence-corrected chi connectivity index (χ0v) is 13.9. The average molecular weight is 315 g/mol. The van der Waals surface area contributed by atoms with Crippen molar-refractivity contribution < 1.29 is 14.3 Å². The number of rotatable bonds is 7. The highest BCUT2D eigenvalue weighted by Gasteiger charge is 2.16. The van der Waals surface area contributed by atoms with Crippen LogP contribution < -0.4 is 5.32 Å². The zero-order valence-electron chi connectivity index (χ0n) is 13.9. The number of allylic oxidation sites excluding steroid dienone is 2. The summed E-state index contributed by atoms with van der Waals surface area (Å²) in [7, 11) is 0. The summed E-state index contributed by atoms with van der Waals surface area (Å²) < 4.78 is 5.03. The number of carbonyl (C=O) groups is 2. The minimum absolute atomic E-state index is 0.234. The van der Waals surface area contributed by atoms with Crippen molar-refractivity contribution in [3.8, 4) is 0 Å². The molecule has 1 aliphatic rings. The maximum absolute atomic E-state index is 11.8. The standard InChI is InChI=1S/C19H25NO3/c1-3-14(2)16-8-10-17(11-9-16)20-18(21)13-23-19(22)12-15-6-4-5-7-15/h4,6,8-11,14-15H,3,5,7,12-13H2,1-2H3,(H,20,21)/t14-,15-/m0/s1. The summed E-state index contributed by atoms with van der Waals surface area (Å²) in [6.07, 6.45) is 7.56. The van der Waals surface area contributed by atoms with Gasteiger partial charge in [0.05, 0.1) is 6.42 Å². The number of hydrogen-bond acceptors (Lipinski definition) is 3. The lowest BCUT2D eigenvalue weighted by molar-refractivity contribution is -0.147. The molecule has 0 unspecified atom stereocenters. The van der Waals surface area contributed by atoms with E-state index < -0.39 is 0 Å². The SMILES string of the molecule is CC[C@H](C)c1ccc(NC(=O)COC(=O)C[C@H]2C=CCC2)cc1. The lowest BCUT2D eigenvalue weighted by Crippen LogP contribution is -2.21. The monoisotopic (exact) mass is 315 g/mol. The van der Waals surface area contributed by atoms with Crippen LogP contribution in [0.15, 0.2) is 36.4 Å². The van der Waals surface area contributed by atoms with Gasteiger partial charge in [0.1, 0.15) is 0 Å². The molecule has 0 aliphatic heterocycles. The Morgan fingerprint density at radius 1 is 1.30 bits per heavy atom. The van der Waals surface area contributed by atoms with Gasteiger partial charge in [0.25, 0.3) is 5.91 Å². The van der Waals surface area contributed by atoms with Gasteiger partial charge < -0.3 is 10.1 Å². The highest BCUT2D eigenvalue weighted by atomic mass is 16.5. The Kier molecular flexibility index (Phi) is 6.39. The van der Waals surface area contributed by atoms with Gasteiger partial charge in [-0.2, -0.15) is 0 Å². The average Bonchev–Trinajstić information content (AvgIpc) is 3.06. The second kappa shape index (κ2) is 8.51. The third-order valence-corrected chi connectivity index (χ3v) is 4.28. The third kappa shape index (κ3) is 5.55. The summed E-state index contributed by atoms with van der Waals surface area (Å²) >= 11 is 0. The second-order valence-corrected chi connectivity index (χ2v) is 6.11. The van der Waals surface area contributed by atoms with Crippen LogP contribution in [0.4, 0.5) is 5.69 Å². The van der Waals surface area contributed by atoms with E-state index in [0.717, 1.165) is 24.9 Å². The van der Waals surface area contributed by atoms with Crippen molar-refractivity contribution in [2.75, 3.05) is 11.9 Å². The fourth-order valence-electron chi connectivity index (χ4n) is 2.61. The van der Waals surface area contributed by atoms with Crippen molar-refractivity contribution in [3.63, 3.8) is 0 Å². The largest absolute Gasteiger partial charge is 0.456 e. The van der Waals surface area contributed by atoms with Gasteiger partial charge in [-0.25, -0.2) is 0 Å². The topological polar surface area (TPSA) is 55.4 Å². The summed E-state index contributed by atoms with van der Waals surface area (Å²) in [4.78, 5) is 23.5. The normalized spacial score (nSPS) is 17.7. The Morgan fingerprint density at radius 2 is 2.04 bits per heavy atom. The van der Waals surface area contributed by atoms with Crippen LogP contribution in [-0.2, 0) is 14.3 Å². The maximum Gasteiger partial charge on any atom is 0.306 e. The molecule has 124 valence electrons. The molecule has 23 heavy (non-hydrogen) atoms. The maximum atomic E-state index is 11.8. The van der Waals surface area contributed by atoms with Crippen molar-refractivity contribution in [3.05, 3.63) is 42.0 Å². The Morgan fingerprint density at radius 3 is 2.65 bits per heavy atom. The second-order valence-electron chi connectivity index (χ2n) is 6.11. The molecule has 1 N–H and O–H groups in total. The fourth-order valence-corrected chi connectivity index (χ4v) is 2.61. The smallest absolute Gasteiger partial charge is 0.306 e. The quantitative estimate of drug-likeness (QED) is 0.610. The lowest BCUT2D eigenvalue weighted by Gasteiger charge is -2.11. The van der Waals surface area contributed by atoms with E-state index >= 15 is 0 Å². The van der Waals surface area contributed by atoms with Crippen molar-refractivity contribution >= 4 is 17.6 Å². The van der Waals surface area contributed by atoms with Crippen molar-refractivity contribution in [2.45, 2.75) is 45.4 Å². The number of amides is 1. The number of esters is 1. The molecule has 4 nitrogen and oxygen atoms in total. The predicted octanol–water partition coefficient (Wildman–Crippen LogP) is 4.04. The van der Waals surface area contributed by atoms with Crippen LogP contribution in [-0.4, -0.2) is 18.5 Å². The van der Waals surface area contributed by atoms with Crippen molar-refractivity contribution in [1.82, 2.24) is 0 Å². The number of benzene rings is 1. The summed E-state index contributed by atoms with van der Waals surface area (Å²) in [6, 6.07) is 7.79. The zero-order chi connectivity index (χ0) is 16.7. The van der Waals surface area contributed by atoms with Crippen LogP contribution in [0.2, 0.25) is 0 Å². The van der Waals surface area contributed by atoms with Crippen molar-refractivity contribution in [2.24, 2.45) is 5.92 Å². The van der Waals surface area contributed by atoms with Gasteiger partial charge in [-0.15, -0.1) is 0 Å². The molecule has 1 aliphatic carbocycles. The molecule has 1 aromatic carbocycles. The predicted molar refractivity (Wildman–Crippen MR) is 91.2 cm³/mol. The third-order valence-electron chi connectivity index (χ3n) is 4.28. The first-order valence-electron chi connectivity index (χ1n) is 8.30. The number of ether oxygens (including phenoxy) is 1. The minimum Gasteiger partial charge on any atom is -0.456 e. The molecule has 1 amide bonds. The molecule has 0 saturated carbocycles. The number of carbonyl (C=O) groups excluding carboxylic acids is 2. The van der Waals surface area contributed by atoms with Gasteiger partial charge in [-0.1, -0.05) is 38.1 Å². The van der Waals surface area contributed by atoms with Crippen LogP contribution >= 0.6 is 0 Å². The van der Waals surface area contributed by atoms with E-state index in [4.69, 9.17) is 4.74 Å². The highest BCUT2D eigenvalue weighted by Crippen LogP contribution is 2.21. The molecule has 0 saturated heterocycles. The Balaban J connectivity index is 1.73. The van der Waals surface area contributed by atoms with Gasteiger partial charge in [0.2, 0.25) is 0 Å². The molecule has 0 aromatic heterocycles. The molecular formula is C19H25NO3. The van der Waals surface area contributed by atoms with E-state index in [1.165, 1.54) is 5.56 Å². The molecule has 1 aromatic rings. The van der Waals surface area contributed by atoms with E-state index in [1.54, 1.807) is 0 Å². The van der Waals surface area contributed by atoms with E-state index in [-0.39, 0.29) is 24.4 Å². The molecule has 4 heteroatoms. The summed E-state index contributed by atoms with van der Waals surface area (Å²) in [5.74, 6) is 0.143. The van der Waals surface area contributed by atoms with Gasteiger partial charge in [-0.05, 0) is 48.8 Å². The van der Waals surface area contributed by atoms with Crippen LogP contribution in [0.25, 0.3) is 0 Å². The van der Waals surface area contributed by atoms with Gasteiger partial charge in [0.15, 0.2) is 6.61 Å². The molecular weight excluding hydrogens is 290 g/mol. The first-order chi connectivity index (χ1) is 11.1. The number of nitrogens with one attached hydrogen (secondary N) is 1. The molecule has 0 fully saturated rings. The minimum atomic E-state index is -0.316. The van der Waals surface area contributed by atoms with E-state index in [0.29, 0.717) is 12.3 Å². The van der Waals surface area contributed by atoms with Crippen LogP contribution in [0, 0.1) is 5.92 Å². The van der Waals surface area contributed by atoms with Gasteiger partial charge >= 0.3 is 5.97 Å². The molecule has 0 radical (unpaired) electrons. The molecule has 0 heterocycles. The first kappa shape index (κ1) is 17.3. The van der Waals surface area contributed by atoms with Gasteiger partial charge in [0, 0.05) is 5.69 Å². The number of hydrogen-bond donors (Lipinski definition) is 1. The Hall–Kier alpha value is -2.10. The highest BCUT2D eigenvalue weighted by molar-refractivity contribution is 5.92. The molecule has 2 atom stereocenters. The molecule has 2 rings (SSSR count).